The molecular formula is C13H14N2O3. The SMILES string of the molecule is Cc1cccc(CN(C)c2nc(C(=O)O)co2)c1. The Kier molecular flexibility index (Phi) is 3.32. The van der Waals surface area contributed by atoms with Crippen molar-refractivity contribution in [2.75, 3.05) is 11.9 Å². The van der Waals surface area contributed by atoms with Crippen LogP contribution in [0.4, 0.5) is 6.01 Å². The van der Waals surface area contributed by atoms with Gasteiger partial charge in [0.05, 0.1) is 0 Å². The molecule has 1 aromatic heterocycles. The average molecular weight is 246 g/mol. The van der Waals surface area contributed by atoms with Crippen LogP contribution in [0, 0.1) is 6.92 Å². The van der Waals surface area contributed by atoms with Gasteiger partial charge in [0, 0.05) is 13.6 Å². The molecule has 0 aliphatic heterocycles. The third-order valence-electron chi connectivity index (χ3n) is 2.54. The Morgan fingerprint density at radius 3 is 2.89 bits per heavy atom. The number of aromatic nitrogens is 1. The number of carbonyl (C=O) groups is 1. The topological polar surface area (TPSA) is 66.6 Å². The molecule has 0 spiro atoms. The van der Waals surface area contributed by atoms with Crippen molar-refractivity contribution >= 4 is 12.0 Å². The van der Waals surface area contributed by atoms with Crippen LogP contribution in [0.3, 0.4) is 0 Å². The fourth-order valence-electron chi connectivity index (χ4n) is 1.69. The Morgan fingerprint density at radius 1 is 1.50 bits per heavy atom. The van der Waals surface area contributed by atoms with Crippen molar-refractivity contribution < 1.29 is 14.3 Å². The Morgan fingerprint density at radius 2 is 2.28 bits per heavy atom. The lowest BCUT2D eigenvalue weighted by molar-refractivity contribution is 0.0690. The molecule has 0 unspecified atom stereocenters. The van der Waals surface area contributed by atoms with Crippen molar-refractivity contribution in [2.24, 2.45) is 0 Å². The predicted octanol–water partition coefficient (Wildman–Crippen LogP) is 2.32. The van der Waals surface area contributed by atoms with Gasteiger partial charge in [0.25, 0.3) is 6.01 Å². The molecule has 18 heavy (non-hydrogen) atoms. The molecule has 1 aromatic carbocycles. The second-order valence-electron chi connectivity index (χ2n) is 4.17. The van der Waals surface area contributed by atoms with Gasteiger partial charge in [-0.3, -0.25) is 0 Å². The van der Waals surface area contributed by atoms with E-state index in [0.29, 0.717) is 12.6 Å². The highest BCUT2D eigenvalue weighted by Crippen LogP contribution is 2.15. The molecule has 0 saturated carbocycles. The third-order valence-corrected chi connectivity index (χ3v) is 2.54. The number of aryl methyl sites for hydroxylation is 1. The third kappa shape index (κ3) is 2.68. The monoisotopic (exact) mass is 246 g/mol. The molecule has 5 nitrogen and oxygen atoms in total. The predicted molar refractivity (Wildman–Crippen MR) is 66.7 cm³/mol. The van der Waals surface area contributed by atoms with Crippen LogP contribution in [0.25, 0.3) is 0 Å². The lowest BCUT2D eigenvalue weighted by Crippen LogP contribution is -2.17. The smallest absolute Gasteiger partial charge is 0.357 e. The van der Waals surface area contributed by atoms with E-state index in [-0.39, 0.29) is 5.69 Å². The summed E-state index contributed by atoms with van der Waals surface area (Å²) in [6.45, 7) is 2.64. The maximum atomic E-state index is 10.7. The number of rotatable bonds is 4. The van der Waals surface area contributed by atoms with Gasteiger partial charge < -0.3 is 14.4 Å². The molecule has 0 aliphatic carbocycles. The number of oxazole rings is 1. The van der Waals surface area contributed by atoms with Gasteiger partial charge in [-0.05, 0) is 12.5 Å². The minimum atomic E-state index is -1.09. The van der Waals surface area contributed by atoms with Gasteiger partial charge in [0.2, 0.25) is 0 Å². The molecule has 0 amide bonds. The molecule has 1 heterocycles. The largest absolute Gasteiger partial charge is 0.476 e. The van der Waals surface area contributed by atoms with Crippen LogP contribution in [0.1, 0.15) is 21.6 Å². The van der Waals surface area contributed by atoms with Gasteiger partial charge >= 0.3 is 5.97 Å². The first kappa shape index (κ1) is 12.2. The van der Waals surface area contributed by atoms with Gasteiger partial charge in [-0.2, -0.15) is 4.98 Å². The average Bonchev–Trinajstić information content (AvgIpc) is 2.78. The molecular weight excluding hydrogens is 232 g/mol. The Bertz CT molecular complexity index is 563. The van der Waals surface area contributed by atoms with Crippen LogP contribution in [-0.2, 0) is 6.54 Å². The van der Waals surface area contributed by atoms with Crippen LogP contribution >= 0.6 is 0 Å². The van der Waals surface area contributed by atoms with Crippen molar-refractivity contribution in [2.45, 2.75) is 13.5 Å². The summed E-state index contributed by atoms with van der Waals surface area (Å²) in [7, 11) is 1.81. The quantitative estimate of drug-likeness (QED) is 0.896. The minimum absolute atomic E-state index is 0.0823. The van der Waals surface area contributed by atoms with Crippen molar-refractivity contribution in [3.8, 4) is 0 Å². The lowest BCUT2D eigenvalue weighted by atomic mass is 10.1. The van der Waals surface area contributed by atoms with E-state index < -0.39 is 5.97 Å². The molecule has 0 radical (unpaired) electrons. The standard InChI is InChI=1S/C13H14N2O3/c1-9-4-3-5-10(6-9)7-15(2)13-14-11(8-18-13)12(16)17/h3-6,8H,7H2,1-2H3,(H,16,17). The zero-order valence-electron chi connectivity index (χ0n) is 10.3. The number of aromatic carboxylic acids is 1. The summed E-state index contributed by atoms with van der Waals surface area (Å²) in [6, 6.07) is 8.38. The molecule has 0 saturated heterocycles. The van der Waals surface area contributed by atoms with Gasteiger partial charge in [0.1, 0.15) is 6.26 Å². The summed E-state index contributed by atoms with van der Waals surface area (Å²) in [4.78, 5) is 16.4. The zero-order chi connectivity index (χ0) is 13.1. The Balaban J connectivity index is 2.11. The summed E-state index contributed by atoms with van der Waals surface area (Å²) in [6.07, 6.45) is 1.14. The second kappa shape index (κ2) is 4.91. The van der Waals surface area contributed by atoms with Crippen LogP contribution in [0.5, 0.6) is 0 Å². The highest BCUT2D eigenvalue weighted by molar-refractivity contribution is 5.85. The fraction of sp³-hybridized carbons (Fsp3) is 0.231. The molecule has 2 aromatic rings. The molecule has 0 atom stereocenters. The van der Waals surface area contributed by atoms with E-state index in [1.807, 2.05) is 25.1 Å². The number of carboxylic acid groups (broad SMARTS) is 1. The summed E-state index contributed by atoms with van der Waals surface area (Å²) in [5, 5.41) is 8.77. The summed E-state index contributed by atoms with van der Waals surface area (Å²) < 4.78 is 5.12. The van der Waals surface area contributed by atoms with E-state index in [9.17, 15) is 4.79 Å². The van der Waals surface area contributed by atoms with E-state index in [1.165, 1.54) is 5.56 Å². The maximum Gasteiger partial charge on any atom is 0.357 e. The fourth-order valence-corrected chi connectivity index (χ4v) is 1.69. The Hall–Kier alpha value is -2.30. The van der Waals surface area contributed by atoms with Crippen molar-refractivity contribution in [3.63, 3.8) is 0 Å². The molecule has 94 valence electrons. The maximum absolute atomic E-state index is 10.7. The minimum Gasteiger partial charge on any atom is -0.476 e. The molecule has 2 rings (SSSR count). The number of nitrogens with zero attached hydrogens (tertiary/aromatic N) is 2. The number of carboxylic acids is 1. The summed E-state index contributed by atoms with van der Waals surface area (Å²) in [5.41, 5.74) is 2.22. The van der Waals surface area contributed by atoms with E-state index in [2.05, 4.69) is 11.1 Å². The van der Waals surface area contributed by atoms with E-state index in [0.717, 1.165) is 11.8 Å². The second-order valence-corrected chi connectivity index (χ2v) is 4.17. The van der Waals surface area contributed by atoms with Crippen molar-refractivity contribution in [1.82, 2.24) is 4.98 Å². The normalized spacial score (nSPS) is 10.3. The Labute approximate surface area is 105 Å². The van der Waals surface area contributed by atoms with E-state index >= 15 is 0 Å². The van der Waals surface area contributed by atoms with Gasteiger partial charge in [0.15, 0.2) is 5.69 Å². The van der Waals surface area contributed by atoms with Gasteiger partial charge in [-0.25, -0.2) is 4.79 Å². The summed E-state index contributed by atoms with van der Waals surface area (Å²) in [5.74, 6) is -1.09. The van der Waals surface area contributed by atoms with Crippen LogP contribution in [0.15, 0.2) is 34.9 Å². The van der Waals surface area contributed by atoms with E-state index in [1.54, 1.807) is 11.9 Å². The molecule has 5 heteroatoms. The molecule has 1 N–H and O–H groups in total. The first-order valence-electron chi connectivity index (χ1n) is 5.52. The first-order chi connectivity index (χ1) is 8.56. The molecule has 0 aliphatic rings. The first-order valence-corrected chi connectivity index (χ1v) is 5.52. The molecule has 0 fully saturated rings. The number of hydrogen-bond donors (Lipinski definition) is 1. The number of anilines is 1. The zero-order valence-corrected chi connectivity index (χ0v) is 10.3. The lowest BCUT2D eigenvalue weighted by Gasteiger charge is -2.14. The van der Waals surface area contributed by atoms with Crippen LogP contribution < -0.4 is 4.90 Å². The number of hydrogen-bond acceptors (Lipinski definition) is 4. The van der Waals surface area contributed by atoms with E-state index in [4.69, 9.17) is 9.52 Å². The van der Waals surface area contributed by atoms with Crippen molar-refractivity contribution in [3.05, 3.63) is 47.3 Å². The van der Waals surface area contributed by atoms with Crippen LogP contribution in [0.2, 0.25) is 0 Å². The van der Waals surface area contributed by atoms with Gasteiger partial charge in [-0.1, -0.05) is 29.8 Å². The summed E-state index contributed by atoms with van der Waals surface area (Å²) >= 11 is 0. The van der Waals surface area contributed by atoms with Crippen molar-refractivity contribution in [1.29, 1.82) is 0 Å². The number of benzene rings is 1. The van der Waals surface area contributed by atoms with Gasteiger partial charge in [-0.15, -0.1) is 0 Å². The highest BCUT2D eigenvalue weighted by atomic mass is 16.4. The highest BCUT2D eigenvalue weighted by Gasteiger charge is 2.13. The van der Waals surface area contributed by atoms with Crippen LogP contribution in [-0.4, -0.2) is 23.1 Å². The molecule has 0 bridgehead atoms.